The lowest BCUT2D eigenvalue weighted by Gasteiger charge is -2.20. The van der Waals surface area contributed by atoms with Crippen molar-refractivity contribution in [2.45, 2.75) is 4.90 Å². The number of benzene rings is 1. The third-order valence-corrected chi connectivity index (χ3v) is 8.38. The first-order valence-electron chi connectivity index (χ1n) is 10.4. The monoisotopic (exact) mass is 608 g/mol. The summed E-state index contributed by atoms with van der Waals surface area (Å²) in [4.78, 5) is 17.7. The number of thiophene rings is 1. The van der Waals surface area contributed by atoms with E-state index < -0.39 is 10.2 Å². The van der Waals surface area contributed by atoms with Crippen molar-refractivity contribution in [1.29, 1.82) is 0 Å². The highest BCUT2D eigenvalue weighted by Crippen LogP contribution is 2.35. The second-order valence-electron chi connectivity index (χ2n) is 7.04. The zero-order valence-corrected chi connectivity index (χ0v) is 23.2. The molecule has 0 saturated carbocycles. The van der Waals surface area contributed by atoms with Gasteiger partial charge in [0.25, 0.3) is 0 Å². The SMILES string of the molecule is CSc1cnc(OCCOc2ncnc(NS(=O)(=O)N(C)c3cccs3)c2-c2ccc(Br)cc2)nc1. The van der Waals surface area contributed by atoms with Gasteiger partial charge in [0, 0.05) is 28.8 Å². The van der Waals surface area contributed by atoms with Crippen LogP contribution in [0.1, 0.15) is 0 Å². The molecule has 0 aliphatic heterocycles. The minimum absolute atomic E-state index is 0.0858. The van der Waals surface area contributed by atoms with Crippen LogP contribution in [0.2, 0.25) is 0 Å². The van der Waals surface area contributed by atoms with Crippen molar-refractivity contribution in [3.63, 3.8) is 0 Å². The van der Waals surface area contributed by atoms with E-state index in [4.69, 9.17) is 9.47 Å². The number of aromatic nitrogens is 4. The second kappa shape index (κ2) is 11.9. The summed E-state index contributed by atoms with van der Waals surface area (Å²) in [6.07, 6.45) is 6.53. The minimum atomic E-state index is -3.96. The molecule has 0 bridgehead atoms. The molecular weight excluding hydrogens is 588 g/mol. The predicted octanol–water partition coefficient (Wildman–Crippen LogP) is 4.73. The summed E-state index contributed by atoms with van der Waals surface area (Å²) < 4.78 is 42.2. The molecule has 0 fully saturated rings. The Bertz CT molecular complexity index is 1390. The minimum Gasteiger partial charge on any atom is -0.473 e. The Balaban J connectivity index is 1.56. The van der Waals surface area contributed by atoms with E-state index in [2.05, 4.69) is 40.6 Å². The van der Waals surface area contributed by atoms with E-state index in [0.29, 0.717) is 16.1 Å². The standard InChI is InChI=1S/C22H21BrN6O4S3/c1-29(18-4-3-11-35-18)36(30,31)28-20-19(15-5-7-16(23)8-6-15)21(27-14-26-20)32-9-10-33-22-24-12-17(34-2)13-25-22/h3-8,11-14H,9-10H2,1-2H3,(H,26,27,28). The summed E-state index contributed by atoms with van der Waals surface area (Å²) in [6, 6.07) is 11.0. The van der Waals surface area contributed by atoms with E-state index in [9.17, 15) is 8.42 Å². The maximum absolute atomic E-state index is 13.1. The van der Waals surface area contributed by atoms with Crippen LogP contribution in [0.4, 0.5) is 10.8 Å². The highest BCUT2D eigenvalue weighted by Gasteiger charge is 2.24. The van der Waals surface area contributed by atoms with Crippen molar-refractivity contribution >= 4 is 60.1 Å². The van der Waals surface area contributed by atoms with Crippen molar-refractivity contribution in [3.8, 4) is 23.0 Å². The van der Waals surface area contributed by atoms with Gasteiger partial charge < -0.3 is 9.47 Å². The van der Waals surface area contributed by atoms with Gasteiger partial charge in [-0.1, -0.05) is 28.1 Å². The molecular formula is C22H21BrN6O4S3. The maximum Gasteiger partial charge on any atom is 0.325 e. The number of thioether (sulfide) groups is 1. The number of anilines is 2. The van der Waals surface area contributed by atoms with E-state index >= 15 is 0 Å². The van der Waals surface area contributed by atoms with Gasteiger partial charge in [-0.25, -0.2) is 29.0 Å². The molecule has 0 atom stereocenters. The number of hydrogen-bond donors (Lipinski definition) is 1. The van der Waals surface area contributed by atoms with Gasteiger partial charge in [0.05, 0.1) is 5.56 Å². The van der Waals surface area contributed by atoms with Crippen LogP contribution in [0.3, 0.4) is 0 Å². The largest absolute Gasteiger partial charge is 0.473 e. The third kappa shape index (κ3) is 6.43. The molecule has 0 spiro atoms. The fraction of sp³-hybridized carbons (Fsp3) is 0.182. The Morgan fingerprint density at radius 2 is 1.78 bits per heavy atom. The normalized spacial score (nSPS) is 11.2. The lowest BCUT2D eigenvalue weighted by atomic mass is 10.1. The van der Waals surface area contributed by atoms with E-state index in [1.54, 1.807) is 29.9 Å². The second-order valence-corrected chi connectivity index (χ2v) is 11.5. The van der Waals surface area contributed by atoms with Crippen LogP contribution in [0.15, 0.2) is 69.9 Å². The molecule has 1 aromatic carbocycles. The summed E-state index contributed by atoms with van der Waals surface area (Å²) in [7, 11) is -2.49. The topological polar surface area (TPSA) is 119 Å². The van der Waals surface area contributed by atoms with Crippen molar-refractivity contribution in [2.24, 2.45) is 0 Å². The molecule has 3 aromatic heterocycles. The molecule has 36 heavy (non-hydrogen) atoms. The van der Waals surface area contributed by atoms with E-state index in [1.165, 1.54) is 36.5 Å². The number of nitrogens with zero attached hydrogens (tertiary/aromatic N) is 5. The van der Waals surface area contributed by atoms with Gasteiger partial charge >= 0.3 is 16.2 Å². The van der Waals surface area contributed by atoms with Crippen LogP contribution in [0.25, 0.3) is 11.1 Å². The summed E-state index contributed by atoms with van der Waals surface area (Å²) in [5.41, 5.74) is 1.07. The lowest BCUT2D eigenvalue weighted by Crippen LogP contribution is -2.32. The summed E-state index contributed by atoms with van der Waals surface area (Å²) in [6.45, 7) is 0.278. The molecule has 14 heteroatoms. The third-order valence-electron chi connectivity index (χ3n) is 4.74. The van der Waals surface area contributed by atoms with E-state index in [0.717, 1.165) is 13.7 Å². The molecule has 4 aromatic rings. The van der Waals surface area contributed by atoms with Gasteiger partial charge in [0.15, 0.2) is 5.82 Å². The maximum atomic E-state index is 13.1. The first-order chi connectivity index (χ1) is 17.4. The molecule has 0 saturated heterocycles. The van der Waals surface area contributed by atoms with Gasteiger partial charge in [0.1, 0.15) is 24.5 Å². The van der Waals surface area contributed by atoms with Crippen molar-refractivity contribution in [2.75, 3.05) is 35.5 Å². The Morgan fingerprint density at radius 3 is 2.44 bits per heavy atom. The predicted molar refractivity (Wildman–Crippen MR) is 145 cm³/mol. The Labute approximate surface area is 225 Å². The van der Waals surface area contributed by atoms with Crippen LogP contribution in [-0.2, 0) is 10.2 Å². The zero-order valence-electron chi connectivity index (χ0n) is 19.2. The molecule has 10 nitrogen and oxygen atoms in total. The van der Waals surface area contributed by atoms with Gasteiger partial charge in [0.2, 0.25) is 5.88 Å². The lowest BCUT2D eigenvalue weighted by molar-refractivity contribution is 0.201. The average molecular weight is 610 g/mol. The number of ether oxygens (including phenoxy) is 2. The van der Waals surface area contributed by atoms with Crippen molar-refractivity contribution in [3.05, 3.63) is 65.0 Å². The molecule has 188 valence electrons. The Kier molecular flexibility index (Phi) is 8.61. The summed E-state index contributed by atoms with van der Waals surface area (Å²) in [5, 5.41) is 2.36. The van der Waals surface area contributed by atoms with E-state index in [1.807, 2.05) is 30.5 Å². The molecule has 1 N–H and O–H groups in total. The average Bonchev–Trinajstić information content (AvgIpc) is 3.42. The van der Waals surface area contributed by atoms with Crippen molar-refractivity contribution in [1.82, 2.24) is 19.9 Å². The number of halogens is 1. The molecule has 0 unspecified atom stereocenters. The highest BCUT2D eigenvalue weighted by molar-refractivity contribution is 9.10. The van der Waals surface area contributed by atoms with Gasteiger partial charge in [-0.3, -0.25) is 0 Å². The zero-order chi connectivity index (χ0) is 25.5. The van der Waals surface area contributed by atoms with Gasteiger partial charge in [-0.2, -0.15) is 8.42 Å². The molecule has 4 rings (SSSR count). The smallest absolute Gasteiger partial charge is 0.325 e. The Hall–Kier alpha value is -2.94. The first kappa shape index (κ1) is 26.1. The fourth-order valence-corrected chi connectivity index (χ4v) is 5.39. The molecule has 0 radical (unpaired) electrons. The van der Waals surface area contributed by atoms with Crippen LogP contribution in [-0.4, -0.2) is 54.9 Å². The van der Waals surface area contributed by atoms with Gasteiger partial charge in [-0.05, 0) is 41.5 Å². The van der Waals surface area contributed by atoms with Crippen LogP contribution in [0, 0.1) is 0 Å². The quantitative estimate of drug-likeness (QED) is 0.190. The first-order valence-corrected chi connectivity index (χ1v) is 14.7. The number of nitrogens with one attached hydrogen (secondary N) is 1. The molecule has 0 aliphatic carbocycles. The Morgan fingerprint density at radius 1 is 1.06 bits per heavy atom. The van der Waals surface area contributed by atoms with Crippen molar-refractivity contribution < 1.29 is 17.9 Å². The van der Waals surface area contributed by atoms with Gasteiger partial charge in [-0.15, -0.1) is 23.1 Å². The fourth-order valence-electron chi connectivity index (χ4n) is 2.95. The van der Waals surface area contributed by atoms with E-state index in [-0.39, 0.29) is 30.9 Å². The molecule has 0 aliphatic rings. The van der Waals surface area contributed by atoms with Crippen LogP contribution >= 0.6 is 39.0 Å². The summed E-state index contributed by atoms with van der Waals surface area (Å²) in [5.74, 6) is 0.286. The molecule has 3 heterocycles. The highest BCUT2D eigenvalue weighted by atomic mass is 79.9. The van der Waals surface area contributed by atoms with Crippen LogP contribution < -0.4 is 18.5 Å². The number of hydrogen-bond acceptors (Lipinski definition) is 10. The number of rotatable bonds is 11. The van der Waals surface area contributed by atoms with Crippen LogP contribution in [0.5, 0.6) is 11.9 Å². The summed E-state index contributed by atoms with van der Waals surface area (Å²) >= 11 is 6.26. The molecule has 0 amide bonds.